The van der Waals surface area contributed by atoms with Gasteiger partial charge in [-0.2, -0.15) is 0 Å². The normalized spacial score (nSPS) is 16.3. The van der Waals surface area contributed by atoms with Gasteiger partial charge in [0, 0.05) is 33.4 Å². The Morgan fingerprint density at radius 1 is 1.42 bits per heavy atom. The van der Waals surface area contributed by atoms with E-state index in [2.05, 4.69) is 10.2 Å². The molecule has 0 rings (SSSR count). The molecule has 0 spiro atoms. The number of aliphatic carboxylic acids is 1. The third kappa shape index (κ3) is 6.33. The van der Waals surface area contributed by atoms with Crippen molar-refractivity contribution in [2.75, 3.05) is 47.1 Å². The van der Waals surface area contributed by atoms with Crippen LogP contribution in [0.1, 0.15) is 20.8 Å². The van der Waals surface area contributed by atoms with Crippen LogP contribution in [0.15, 0.2) is 0 Å². The van der Waals surface area contributed by atoms with Crippen LogP contribution in [-0.2, 0) is 14.3 Å². The molecule has 0 aliphatic rings. The molecular formula is C13H28N2O4. The van der Waals surface area contributed by atoms with Crippen LogP contribution in [0, 0.1) is 0 Å². The van der Waals surface area contributed by atoms with Crippen molar-refractivity contribution in [3.63, 3.8) is 0 Å². The van der Waals surface area contributed by atoms with E-state index in [1.165, 1.54) is 0 Å². The van der Waals surface area contributed by atoms with Crippen molar-refractivity contribution in [1.29, 1.82) is 0 Å². The number of carboxylic acid groups (broad SMARTS) is 1. The summed E-state index contributed by atoms with van der Waals surface area (Å²) in [5, 5.41) is 12.4. The zero-order valence-corrected chi connectivity index (χ0v) is 12.7. The van der Waals surface area contributed by atoms with E-state index in [0.717, 1.165) is 0 Å². The molecule has 0 fully saturated rings. The van der Waals surface area contributed by atoms with Crippen LogP contribution in [0.5, 0.6) is 0 Å². The molecule has 0 heterocycles. The van der Waals surface area contributed by atoms with Gasteiger partial charge in [-0.1, -0.05) is 6.92 Å². The third-order valence-electron chi connectivity index (χ3n) is 3.17. The monoisotopic (exact) mass is 276 g/mol. The van der Waals surface area contributed by atoms with Gasteiger partial charge in [0.25, 0.3) is 0 Å². The van der Waals surface area contributed by atoms with Gasteiger partial charge in [0.1, 0.15) is 5.54 Å². The maximum atomic E-state index is 11.4. The predicted molar refractivity (Wildman–Crippen MR) is 74.5 cm³/mol. The van der Waals surface area contributed by atoms with E-state index in [1.54, 1.807) is 21.1 Å². The summed E-state index contributed by atoms with van der Waals surface area (Å²) in [6, 6.07) is 0.137. The maximum absolute atomic E-state index is 11.4. The Balaban J connectivity index is 4.78. The quantitative estimate of drug-likeness (QED) is 0.570. The van der Waals surface area contributed by atoms with E-state index in [1.807, 2.05) is 13.8 Å². The van der Waals surface area contributed by atoms with Crippen LogP contribution in [0.2, 0.25) is 0 Å². The first kappa shape index (κ1) is 18.3. The average molecular weight is 276 g/mol. The summed E-state index contributed by atoms with van der Waals surface area (Å²) < 4.78 is 10.2. The van der Waals surface area contributed by atoms with Gasteiger partial charge in [0.15, 0.2) is 0 Å². The molecule has 19 heavy (non-hydrogen) atoms. The molecule has 0 radical (unpaired) electrons. The second-order valence-electron chi connectivity index (χ2n) is 4.94. The molecule has 114 valence electrons. The summed E-state index contributed by atoms with van der Waals surface area (Å²) >= 11 is 0. The van der Waals surface area contributed by atoms with Gasteiger partial charge >= 0.3 is 5.97 Å². The van der Waals surface area contributed by atoms with Gasteiger partial charge in [-0.3, -0.25) is 9.69 Å². The Bertz CT molecular complexity index is 263. The lowest BCUT2D eigenvalue weighted by Gasteiger charge is -2.36. The van der Waals surface area contributed by atoms with Crippen molar-refractivity contribution in [1.82, 2.24) is 10.2 Å². The van der Waals surface area contributed by atoms with Crippen molar-refractivity contribution in [2.45, 2.75) is 32.4 Å². The lowest BCUT2D eigenvalue weighted by molar-refractivity contribution is -0.145. The Kier molecular flexibility index (Phi) is 8.92. The number of ether oxygens (including phenoxy) is 2. The minimum Gasteiger partial charge on any atom is -0.480 e. The van der Waals surface area contributed by atoms with Crippen molar-refractivity contribution in [3.8, 4) is 0 Å². The predicted octanol–water partition coefficient (Wildman–Crippen LogP) is 0.423. The third-order valence-corrected chi connectivity index (χ3v) is 3.17. The second kappa shape index (κ2) is 9.25. The Labute approximate surface area is 116 Å². The summed E-state index contributed by atoms with van der Waals surface area (Å²) in [6.07, 6.45) is 0. The maximum Gasteiger partial charge on any atom is 0.324 e. The number of rotatable bonds is 11. The number of nitrogens with zero attached hydrogens (tertiary/aromatic N) is 1. The van der Waals surface area contributed by atoms with Crippen LogP contribution < -0.4 is 5.32 Å². The molecule has 0 bridgehead atoms. The summed E-state index contributed by atoms with van der Waals surface area (Å²) in [7, 11) is 3.28. The van der Waals surface area contributed by atoms with E-state index in [-0.39, 0.29) is 6.04 Å². The van der Waals surface area contributed by atoms with Crippen LogP contribution in [0.3, 0.4) is 0 Å². The average Bonchev–Trinajstić information content (AvgIpc) is 2.34. The highest BCUT2D eigenvalue weighted by Crippen LogP contribution is 2.11. The second-order valence-corrected chi connectivity index (χ2v) is 4.94. The molecule has 0 aliphatic heterocycles. The number of hydrogen-bond donors (Lipinski definition) is 2. The molecule has 6 heteroatoms. The minimum absolute atomic E-state index is 0.137. The molecule has 6 nitrogen and oxygen atoms in total. The SMILES string of the molecule is CCNC(C)(CN(CCOC)C(C)COC)C(=O)O. The van der Waals surface area contributed by atoms with E-state index in [9.17, 15) is 9.90 Å². The van der Waals surface area contributed by atoms with Gasteiger partial charge in [-0.05, 0) is 20.4 Å². The Morgan fingerprint density at radius 3 is 2.47 bits per heavy atom. The minimum atomic E-state index is -0.968. The molecule has 2 N–H and O–H groups in total. The van der Waals surface area contributed by atoms with E-state index in [4.69, 9.17) is 9.47 Å². The smallest absolute Gasteiger partial charge is 0.324 e. The fourth-order valence-electron chi connectivity index (χ4n) is 2.01. The van der Waals surface area contributed by atoms with E-state index < -0.39 is 11.5 Å². The first-order chi connectivity index (χ1) is 8.91. The van der Waals surface area contributed by atoms with Gasteiger partial charge < -0.3 is 19.9 Å². The highest BCUT2D eigenvalue weighted by molar-refractivity contribution is 5.78. The molecule has 2 unspecified atom stereocenters. The summed E-state index contributed by atoms with van der Waals surface area (Å²) in [5.41, 5.74) is -0.968. The van der Waals surface area contributed by atoms with Gasteiger partial charge in [-0.25, -0.2) is 0 Å². The molecule has 0 aliphatic carbocycles. The number of carboxylic acids is 1. The highest BCUT2D eigenvalue weighted by atomic mass is 16.5. The zero-order chi connectivity index (χ0) is 14.9. The molecule has 0 aromatic carbocycles. The van der Waals surface area contributed by atoms with Crippen LogP contribution in [0.4, 0.5) is 0 Å². The largest absolute Gasteiger partial charge is 0.480 e. The summed E-state index contributed by atoms with van der Waals surface area (Å²) in [6.45, 7) is 8.45. The molecular weight excluding hydrogens is 248 g/mol. The molecule has 0 aromatic rings. The summed E-state index contributed by atoms with van der Waals surface area (Å²) in [4.78, 5) is 13.5. The van der Waals surface area contributed by atoms with Crippen LogP contribution in [0.25, 0.3) is 0 Å². The Morgan fingerprint density at radius 2 is 2.05 bits per heavy atom. The number of carbonyl (C=O) groups is 1. The fraction of sp³-hybridized carbons (Fsp3) is 0.923. The first-order valence-electron chi connectivity index (χ1n) is 6.61. The number of hydrogen-bond acceptors (Lipinski definition) is 5. The van der Waals surface area contributed by atoms with Gasteiger partial charge in [0.05, 0.1) is 13.2 Å². The lowest BCUT2D eigenvalue weighted by Crippen LogP contribution is -2.59. The summed E-state index contributed by atoms with van der Waals surface area (Å²) in [5.74, 6) is -0.846. The molecule has 0 aromatic heterocycles. The van der Waals surface area contributed by atoms with Crippen LogP contribution >= 0.6 is 0 Å². The van der Waals surface area contributed by atoms with Crippen molar-refractivity contribution in [3.05, 3.63) is 0 Å². The number of nitrogens with one attached hydrogen (secondary N) is 1. The van der Waals surface area contributed by atoms with E-state index in [0.29, 0.717) is 32.8 Å². The van der Waals surface area contributed by atoms with Gasteiger partial charge in [0.2, 0.25) is 0 Å². The van der Waals surface area contributed by atoms with Gasteiger partial charge in [-0.15, -0.1) is 0 Å². The molecule has 0 saturated heterocycles. The van der Waals surface area contributed by atoms with Crippen molar-refractivity contribution < 1.29 is 19.4 Å². The molecule has 0 amide bonds. The standard InChI is InChI=1S/C13H28N2O4/c1-6-14-13(3,12(16)17)10-15(7-8-18-4)11(2)9-19-5/h11,14H,6-10H2,1-5H3,(H,16,17). The topological polar surface area (TPSA) is 71.0 Å². The van der Waals surface area contributed by atoms with Crippen molar-refractivity contribution in [2.24, 2.45) is 0 Å². The number of methoxy groups -OCH3 is 2. The number of likely N-dealkylation sites (N-methyl/N-ethyl adjacent to an activating group) is 1. The van der Waals surface area contributed by atoms with Crippen molar-refractivity contribution >= 4 is 5.97 Å². The lowest BCUT2D eigenvalue weighted by atomic mass is 10.0. The Hall–Kier alpha value is -0.690. The van der Waals surface area contributed by atoms with Crippen LogP contribution in [-0.4, -0.2) is 74.6 Å². The first-order valence-corrected chi connectivity index (χ1v) is 6.61. The fourth-order valence-corrected chi connectivity index (χ4v) is 2.01. The highest BCUT2D eigenvalue weighted by Gasteiger charge is 2.35. The molecule has 2 atom stereocenters. The molecule has 0 saturated carbocycles. The van der Waals surface area contributed by atoms with E-state index >= 15 is 0 Å². The zero-order valence-electron chi connectivity index (χ0n) is 12.7.